The number of hydrogen-bond donors (Lipinski definition) is 1. The third kappa shape index (κ3) is 2.88. The van der Waals surface area contributed by atoms with E-state index in [0.717, 1.165) is 31.8 Å². The molecule has 1 saturated heterocycles. The maximum absolute atomic E-state index is 12.5. The van der Waals surface area contributed by atoms with Gasteiger partial charge >= 0.3 is 0 Å². The van der Waals surface area contributed by atoms with Gasteiger partial charge in [0.2, 0.25) is 5.91 Å². The van der Waals surface area contributed by atoms with Crippen molar-refractivity contribution in [2.75, 3.05) is 13.1 Å². The molecule has 0 spiro atoms. The van der Waals surface area contributed by atoms with Crippen molar-refractivity contribution in [3.63, 3.8) is 0 Å². The van der Waals surface area contributed by atoms with Crippen molar-refractivity contribution in [3.05, 3.63) is 0 Å². The number of carbonyl (C=O) groups is 1. The Morgan fingerprint density at radius 3 is 2.35 bits per heavy atom. The number of hydrogen-bond acceptors (Lipinski definition) is 2. The Morgan fingerprint density at radius 2 is 1.80 bits per heavy atom. The lowest BCUT2D eigenvalue weighted by atomic mass is 9.77. The zero-order valence-corrected chi connectivity index (χ0v) is 12.9. The minimum Gasteiger partial charge on any atom is -0.339 e. The molecule has 0 atom stereocenters. The summed E-state index contributed by atoms with van der Waals surface area (Å²) in [5.41, 5.74) is 6.33. The Hall–Kier alpha value is -0.570. The van der Waals surface area contributed by atoms with E-state index in [0.29, 0.717) is 17.7 Å². The molecule has 3 nitrogen and oxygen atoms in total. The second kappa shape index (κ2) is 5.67. The monoisotopic (exact) mass is 278 g/mol. The first kappa shape index (κ1) is 14.4. The zero-order valence-electron chi connectivity index (χ0n) is 12.9. The van der Waals surface area contributed by atoms with Crippen LogP contribution in [-0.4, -0.2) is 29.4 Å². The van der Waals surface area contributed by atoms with Gasteiger partial charge < -0.3 is 10.6 Å². The summed E-state index contributed by atoms with van der Waals surface area (Å²) < 4.78 is 0. The number of likely N-dealkylation sites (tertiary alicyclic amines) is 1. The van der Waals surface area contributed by atoms with Gasteiger partial charge in [-0.2, -0.15) is 0 Å². The minimum atomic E-state index is -0.0199. The Labute approximate surface area is 123 Å². The summed E-state index contributed by atoms with van der Waals surface area (Å²) in [4.78, 5) is 14.5. The predicted molar refractivity (Wildman–Crippen MR) is 81.2 cm³/mol. The van der Waals surface area contributed by atoms with Gasteiger partial charge in [0.25, 0.3) is 0 Å². The molecule has 0 radical (unpaired) electrons. The molecule has 3 fully saturated rings. The van der Waals surface area contributed by atoms with Crippen LogP contribution in [0, 0.1) is 17.8 Å². The number of nitrogens with two attached hydrogens (primary N) is 1. The van der Waals surface area contributed by atoms with E-state index >= 15 is 0 Å². The van der Waals surface area contributed by atoms with Crippen LogP contribution >= 0.6 is 0 Å². The second-order valence-corrected chi connectivity index (χ2v) is 7.56. The summed E-state index contributed by atoms with van der Waals surface area (Å²) in [7, 11) is 0. The highest BCUT2D eigenvalue weighted by molar-refractivity contribution is 5.80. The van der Waals surface area contributed by atoms with Gasteiger partial charge in [0.1, 0.15) is 0 Å². The summed E-state index contributed by atoms with van der Waals surface area (Å²) in [5, 5.41) is 0. The number of carbonyl (C=O) groups excluding carboxylic acids is 1. The molecule has 2 N–H and O–H groups in total. The van der Waals surface area contributed by atoms with E-state index in [1.54, 1.807) is 0 Å². The van der Waals surface area contributed by atoms with Crippen molar-refractivity contribution >= 4 is 5.91 Å². The van der Waals surface area contributed by atoms with E-state index in [1.165, 1.54) is 44.9 Å². The van der Waals surface area contributed by atoms with Crippen LogP contribution in [0.2, 0.25) is 0 Å². The third-order valence-corrected chi connectivity index (χ3v) is 5.83. The van der Waals surface area contributed by atoms with Gasteiger partial charge in [-0.1, -0.05) is 26.2 Å². The highest BCUT2D eigenvalue weighted by Gasteiger charge is 2.52. The Kier molecular flexibility index (Phi) is 4.07. The minimum absolute atomic E-state index is 0.0199. The van der Waals surface area contributed by atoms with E-state index in [-0.39, 0.29) is 5.54 Å². The third-order valence-electron chi connectivity index (χ3n) is 5.83. The first-order valence-corrected chi connectivity index (χ1v) is 8.70. The highest BCUT2D eigenvalue weighted by atomic mass is 16.2. The summed E-state index contributed by atoms with van der Waals surface area (Å²) >= 11 is 0. The average Bonchev–Trinajstić information content (AvgIpc) is 3.26. The normalized spacial score (nSPS) is 32.8. The smallest absolute Gasteiger partial charge is 0.225 e. The van der Waals surface area contributed by atoms with Crippen LogP contribution in [0.15, 0.2) is 0 Å². The summed E-state index contributed by atoms with van der Waals surface area (Å²) in [6, 6.07) is 0. The molecule has 0 bridgehead atoms. The first-order valence-electron chi connectivity index (χ1n) is 8.70. The quantitative estimate of drug-likeness (QED) is 0.840. The number of rotatable bonds is 5. The van der Waals surface area contributed by atoms with E-state index in [9.17, 15) is 4.79 Å². The van der Waals surface area contributed by atoms with Gasteiger partial charge in [0.05, 0.1) is 5.54 Å². The molecular formula is C17H30N2O. The van der Waals surface area contributed by atoms with Gasteiger partial charge in [-0.25, -0.2) is 0 Å². The van der Waals surface area contributed by atoms with Crippen LogP contribution in [-0.2, 0) is 4.79 Å². The van der Waals surface area contributed by atoms with Gasteiger partial charge in [-0.3, -0.25) is 4.79 Å². The van der Waals surface area contributed by atoms with Crippen molar-refractivity contribution in [1.29, 1.82) is 0 Å². The Bertz CT molecular complexity index is 350. The molecular weight excluding hydrogens is 248 g/mol. The molecule has 1 heterocycles. The lowest BCUT2D eigenvalue weighted by molar-refractivity contribution is -0.145. The van der Waals surface area contributed by atoms with Crippen LogP contribution in [0.3, 0.4) is 0 Å². The molecule has 114 valence electrons. The molecule has 3 aliphatic rings. The number of nitrogens with zero attached hydrogens (tertiary/aromatic N) is 1. The lowest BCUT2D eigenvalue weighted by Gasteiger charge is -2.49. The molecule has 2 aliphatic carbocycles. The van der Waals surface area contributed by atoms with Crippen molar-refractivity contribution in [3.8, 4) is 0 Å². The SMILES string of the molecule is CCCCC1CCC(C(=O)N2CC(N)(C3CC3)C2)CC1. The van der Waals surface area contributed by atoms with Crippen LogP contribution in [0.25, 0.3) is 0 Å². The molecule has 20 heavy (non-hydrogen) atoms. The lowest BCUT2D eigenvalue weighted by Crippen LogP contribution is -2.70. The van der Waals surface area contributed by atoms with Crippen LogP contribution in [0.1, 0.15) is 64.7 Å². The van der Waals surface area contributed by atoms with Crippen molar-refractivity contribution in [2.45, 2.75) is 70.3 Å². The van der Waals surface area contributed by atoms with Crippen molar-refractivity contribution < 1.29 is 4.79 Å². The maximum atomic E-state index is 12.5. The fourth-order valence-corrected chi connectivity index (χ4v) is 4.19. The number of unbranched alkanes of at least 4 members (excludes halogenated alkanes) is 1. The van der Waals surface area contributed by atoms with Crippen molar-refractivity contribution in [2.24, 2.45) is 23.5 Å². The highest BCUT2D eigenvalue weighted by Crippen LogP contribution is 2.44. The Morgan fingerprint density at radius 1 is 1.15 bits per heavy atom. The molecule has 3 rings (SSSR count). The maximum Gasteiger partial charge on any atom is 0.225 e. The first-order chi connectivity index (χ1) is 9.62. The Balaban J connectivity index is 1.41. The fourth-order valence-electron chi connectivity index (χ4n) is 4.19. The zero-order chi connectivity index (χ0) is 14.2. The molecule has 0 aromatic rings. The van der Waals surface area contributed by atoms with E-state index in [2.05, 4.69) is 6.92 Å². The van der Waals surface area contributed by atoms with Gasteiger partial charge in [-0.05, 0) is 50.4 Å². The summed E-state index contributed by atoms with van der Waals surface area (Å²) in [5.74, 6) is 2.30. The standard InChI is InChI=1S/C17H30N2O/c1-2-3-4-13-5-7-14(8-6-13)16(20)19-11-17(18,12-19)15-9-10-15/h13-15H,2-12,18H2,1H3. The largest absolute Gasteiger partial charge is 0.339 e. The van der Waals surface area contributed by atoms with Gasteiger partial charge in [0.15, 0.2) is 0 Å². The van der Waals surface area contributed by atoms with Crippen LogP contribution in [0.5, 0.6) is 0 Å². The molecule has 0 aromatic carbocycles. The van der Waals surface area contributed by atoms with E-state index < -0.39 is 0 Å². The fraction of sp³-hybridized carbons (Fsp3) is 0.941. The van der Waals surface area contributed by atoms with E-state index in [4.69, 9.17) is 5.73 Å². The molecule has 2 saturated carbocycles. The van der Waals surface area contributed by atoms with Gasteiger partial charge in [0, 0.05) is 19.0 Å². The molecule has 0 aromatic heterocycles. The molecule has 3 heteroatoms. The van der Waals surface area contributed by atoms with E-state index in [1.807, 2.05) is 4.90 Å². The number of amides is 1. The van der Waals surface area contributed by atoms with Crippen LogP contribution in [0.4, 0.5) is 0 Å². The summed E-state index contributed by atoms with van der Waals surface area (Å²) in [6.45, 7) is 3.91. The molecule has 0 unspecified atom stereocenters. The van der Waals surface area contributed by atoms with Crippen molar-refractivity contribution in [1.82, 2.24) is 4.90 Å². The second-order valence-electron chi connectivity index (χ2n) is 7.56. The molecule has 1 aliphatic heterocycles. The topological polar surface area (TPSA) is 46.3 Å². The summed E-state index contributed by atoms with van der Waals surface area (Å²) in [6.07, 6.45) is 11.3. The molecule has 1 amide bonds. The predicted octanol–water partition coefficient (Wildman–Crippen LogP) is 2.93. The average molecular weight is 278 g/mol. The van der Waals surface area contributed by atoms with Crippen LogP contribution < -0.4 is 5.73 Å². The van der Waals surface area contributed by atoms with Gasteiger partial charge in [-0.15, -0.1) is 0 Å².